The number of halogens is 1. The van der Waals surface area contributed by atoms with Crippen LogP contribution in [0.15, 0.2) is 18.3 Å². The number of hydrogen-bond acceptors (Lipinski definition) is 8. The minimum absolute atomic E-state index is 0.0992. The minimum Gasteiger partial charge on any atom is -0.395 e. The van der Waals surface area contributed by atoms with Crippen LogP contribution in [-0.4, -0.2) is 75.7 Å². The molecule has 0 radical (unpaired) electrons. The maximum Gasteiger partial charge on any atom is 0.273 e. The number of aliphatic hydroxyl groups is 1. The molecule has 1 saturated heterocycles. The fourth-order valence-electron chi connectivity index (χ4n) is 3.55. The van der Waals surface area contributed by atoms with E-state index in [1.807, 2.05) is 0 Å². The van der Waals surface area contributed by atoms with Crippen molar-refractivity contribution in [1.82, 2.24) is 25.2 Å². The summed E-state index contributed by atoms with van der Waals surface area (Å²) in [5.74, 6) is -0.220. The number of nitrogens with zero attached hydrogens (tertiary/aromatic N) is 4. The van der Waals surface area contributed by atoms with Crippen LogP contribution in [0.2, 0.25) is 5.02 Å². The fourth-order valence-corrected chi connectivity index (χ4v) is 3.74. The zero-order valence-corrected chi connectivity index (χ0v) is 17.6. The highest BCUT2D eigenvalue weighted by Gasteiger charge is 2.31. The number of carbonyl (C=O) groups excluding carboxylic acids is 2. The van der Waals surface area contributed by atoms with Crippen LogP contribution in [0, 0.1) is 0 Å². The number of fused-ring (bicyclic) bond motifs is 1. The molecule has 3 N–H and O–H groups in total. The van der Waals surface area contributed by atoms with Crippen LogP contribution < -0.4 is 10.6 Å². The van der Waals surface area contributed by atoms with Gasteiger partial charge in [-0.05, 0) is 18.9 Å². The molecule has 0 bridgehead atoms. The number of ether oxygens (including phenoxy) is 1. The van der Waals surface area contributed by atoms with Crippen molar-refractivity contribution in [3.8, 4) is 11.4 Å². The van der Waals surface area contributed by atoms with Gasteiger partial charge in [0.2, 0.25) is 11.9 Å². The van der Waals surface area contributed by atoms with E-state index in [4.69, 9.17) is 21.4 Å². The van der Waals surface area contributed by atoms with Crippen LogP contribution in [-0.2, 0) is 16.1 Å². The van der Waals surface area contributed by atoms with Crippen molar-refractivity contribution in [3.63, 3.8) is 0 Å². The summed E-state index contributed by atoms with van der Waals surface area (Å²) in [5, 5.41) is 15.0. The summed E-state index contributed by atoms with van der Waals surface area (Å²) in [6.07, 6.45) is 3.25. The van der Waals surface area contributed by atoms with Crippen LogP contribution in [0.5, 0.6) is 0 Å². The third-order valence-corrected chi connectivity index (χ3v) is 5.42. The number of pyridine rings is 1. The first-order valence-corrected chi connectivity index (χ1v) is 10.5. The van der Waals surface area contributed by atoms with Gasteiger partial charge < -0.3 is 25.4 Å². The SMILES string of the molecule is O=C(CN1Cc2ccc(-c3nc(NC4CCOCC4)ncc3Cl)nc2C1=O)NCCO. The molecule has 31 heavy (non-hydrogen) atoms. The summed E-state index contributed by atoms with van der Waals surface area (Å²) in [6.45, 7) is 1.57. The molecule has 2 amide bonds. The first kappa shape index (κ1) is 21.4. The standard InChI is InChI=1S/C20H23ClN6O4/c21-14-9-23-20(24-13-3-7-31-8-4-13)26-18(14)15-2-1-12-10-27(19(30)17(12)25-15)11-16(29)22-5-6-28/h1-2,9,13,28H,3-8,10-11H2,(H,22,29)(H,23,24,26). The van der Waals surface area contributed by atoms with Crippen molar-refractivity contribution >= 4 is 29.4 Å². The Morgan fingerprint density at radius 2 is 2.06 bits per heavy atom. The number of rotatable bonds is 7. The Hall–Kier alpha value is -2.82. The van der Waals surface area contributed by atoms with Gasteiger partial charge in [-0.25, -0.2) is 15.0 Å². The summed E-state index contributed by atoms with van der Waals surface area (Å²) < 4.78 is 5.37. The average Bonchev–Trinajstić information content (AvgIpc) is 3.09. The zero-order chi connectivity index (χ0) is 21.8. The molecule has 164 valence electrons. The number of aliphatic hydroxyl groups excluding tert-OH is 1. The van der Waals surface area contributed by atoms with Crippen molar-refractivity contribution in [3.05, 3.63) is 34.6 Å². The fraction of sp³-hybridized carbons (Fsp3) is 0.450. The highest BCUT2D eigenvalue weighted by atomic mass is 35.5. The number of aromatic nitrogens is 3. The van der Waals surface area contributed by atoms with Gasteiger partial charge in [-0.2, -0.15) is 0 Å². The van der Waals surface area contributed by atoms with Gasteiger partial charge in [0.15, 0.2) is 0 Å². The molecule has 0 aromatic carbocycles. The first-order valence-electron chi connectivity index (χ1n) is 10.1. The van der Waals surface area contributed by atoms with E-state index in [1.165, 1.54) is 11.1 Å². The van der Waals surface area contributed by atoms with Crippen molar-refractivity contribution in [2.75, 3.05) is 38.2 Å². The van der Waals surface area contributed by atoms with Crippen LogP contribution >= 0.6 is 11.6 Å². The number of amides is 2. The highest BCUT2D eigenvalue weighted by molar-refractivity contribution is 6.32. The lowest BCUT2D eigenvalue weighted by molar-refractivity contribution is -0.121. The number of hydrogen-bond donors (Lipinski definition) is 3. The van der Waals surface area contributed by atoms with Gasteiger partial charge in [0.25, 0.3) is 5.91 Å². The third-order valence-electron chi connectivity index (χ3n) is 5.14. The molecule has 0 spiro atoms. The van der Waals surface area contributed by atoms with E-state index in [9.17, 15) is 9.59 Å². The largest absolute Gasteiger partial charge is 0.395 e. The van der Waals surface area contributed by atoms with E-state index >= 15 is 0 Å². The molecule has 2 aliphatic rings. The van der Waals surface area contributed by atoms with Gasteiger partial charge in [-0.3, -0.25) is 9.59 Å². The molecule has 1 fully saturated rings. The summed E-state index contributed by atoms with van der Waals surface area (Å²) >= 11 is 6.33. The smallest absolute Gasteiger partial charge is 0.273 e. The lowest BCUT2D eigenvalue weighted by atomic mass is 10.1. The number of anilines is 1. The summed E-state index contributed by atoms with van der Waals surface area (Å²) in [6, 6.07) is 3.78. The van der Waals surface area contributed by atoms with E-state index in [0.29, 0.717) is 42.1 Å². The Kier molecular flexibility index (Phi) is 6.59. The molecule has 2 aliphatic heterocycles. The highest BCUT2D eigenvalue weighted by Crippen LogP contribution is 2.29. The summed E-state index contributed by atoms with van der Waals surface area (Å²) in [4.78, 5) is 39.3. The predicted octanol–water partition coefficient (Wildman–Crippen LogP) is 0.847. The quantitative estimate of drug-likeness (QED) is 0.570. The number of nitrogens with one attached hydrogen (secondary N) is 2. The minimum atomic E-state index is -0.335. The van der Waals surface area contributed by atoms with Crippen molar-refractivity contribution in [2.24, 2.45) is 0 Å². The Morgan fingerprint density at radius 3 is 2.84 bits per heavy atom. The molecule has 10 nitrogen and oxygen atoms in total. The molecular formula is C20H23ClN6O4. The van der Waals surface area contributed by atoms with Crippen LogP contribution in [0.3, 0.4) is 0 Å². The van der Waals surface area contributed by atoms with Crippen LogP contribution in [0.1, 0.15) is 28.9 Å². The molecule has 4 rings (SSSR count). The third kappa shape index (κ3) is 4.92. The van der Waals surface area contributed by atoms with Gasteiger partial charge in [0, 0.05) is 37.9 Å². The molecule has 2 aromatic rings. The lowest BCUT2D eigenvalue weighted by Crippen LogP contribution is -2.38. The van der Waals surface area contributed by atoms with Crippen LogP contribution in [0.25, 0.3) is 11.4 Å². The predicted molar refractivity (Wildman–Crippen MR) is 113 cm³/mol. The zero-order valence-electron chi connectivity index (χ0n) is 16.8. The van der Waals surface area contributed by atoms with E-state index in [0.717, 1.165) is 18.4 Å². The normalized spacial score (nSPS) is 16.3. The van der Waals surface area contributed by atoms with E-state index in [1.54, 1.807) is 12.1 Å². The molecule has 4 heterocycles. The second kappa shape index (κ2) is 9.54. The van der Waals surface area contributed by atoms with E-state index < -0.39 is 0 Å². The Morgan fingerprint density at radius 1 is 1.26 bits per heavy atom. The Bertz CT molecular complexity index is 982. The molecule has 2 aromatic heterocycles. The second-order valence-corrected chi connectivity index (χ2v) is 7.77. The summed E-state index contributed by atoms with van der Waals surface area (Å²) in [5.41, 5.74) is 1.90. The van der Waals surface area contributed by atoms with Gasteiger partial charge in [-0.15, -0.1) is 0 Å². The monoisotopic (exact) mass is 446 g/mol. The van der Waals surface area contributed by atoms with Gasteiger partial charge >= 0.3 is 0 Å². The van der Waals surface area contributed by atoms with E-state index in [-0.39, 0.29) is 43.2 Å². The van der Waals surface area contributed by atoms with Crippen molar-refractivity contribution in [2.45, 2.75) is 25.4 Å². The molecule has 0 atom stereocenters. The first-order chi connectivity index (χ1) is 15.0. The molecule has 11 heteroatoms. The van der Waals surface area contributed by atoms with E-state index in [2.05, 4.69) is 25.6 Å². The Labute approximate surface area is 184 Å². The topological polar surface area (TPSA) is 130 Å². The van der Waals surface area contributed by atoms with Gasteiger partial charge in [-0.1, -0.05) is 17.7 Å². The number of carbonyl (C=O) groups is 2. The maximum absolute atomic E-state index is 12.7. The van der Waals surface area contributed by atoms with Crippen molar-refractivity contribution in [1.29, 1.82) is 0 Å². The maximum atomic E-state index is 12.7. The Balaban J connectivity index is 1.51. The molecule has 0 unspecified atom stereocenters. The van der Waals surface area contributed by atoms with Crippen LogP contribution in [0.4, 0.5) is 5.95 Å². The lowest BCUT2D eigenvalue weighted by Gasteiger charge is -2.23. The van der Waals surface area contributed by atoms with Crippen molar-refractivity contribution < 1.29 is 19.4 Å². The summed E-state index contributed by atoms with van der Waals surface area (Å²) in [7, 11) is 0. The molecule has 0 aliphatic carbocycles. The second-order valence-electron chi connectivity index (χ2n) is 7.36. The van der Waals surface area contributed by atoms with Gasteiger partial charge in [0.1, 0.15) is 17.9 Å². The molecular weight excluding hydrogens is 424 g/mol. The van der Waals surface area contributed by atoms with Gasteiger partial charge in [0.05, 0.1) is 23.5 Å². The average molecular weight is 447 g/mol. The molecule has 0 saturated carbocycles.